The number of hydrogen-bond acceptors (Lipinski definition) is 3. The summed E-state index contributed by atoms with van der Waals surface area (Å²) in [5.41, 5.74) is 1.19. The van der Waals surface area contributed by atoms with Crippen LogP contribution in [0.3, 0.4) is 0 Å². The van der Waals surface area contributed by atoms with Crippen molar-refractivity contribution < 1.29 is 13.9 Å². The van der Waals surface area contributed by atoms with Crippen LogP contribution in [0.5, 0.6) is 0 Å². The van der Waals surface area contributed by atoms with E-state index in [1.54, 1.807) is 25.1 Å². The predicted molar refractivity (Wildman–Crippen MR) is 68.7 cm³/mol. The first kappa shape index (κ1) is 14.4. The highest BCUT2D eigenvalue weighted by Gasteiger charge is 2.24. The molecule has 0 aromatic heterocycles. The molecule has 1 aromatic rings. The quantitative estimate of drug-likeness (QED) is 0.623. The summed E-state index contributed by atoms with van der Waals surface area (Å²) in [6.45, 7) is 7.79. The van der Waals surface area contributed by atoms with Crippen molar-refractivity contribution >= 4 is 5.97 Å². The number of esters is 1. The molecule has 98 valence electrons. The molecule has 1 atom stereocenters. The van der Waals surface area contributed by atoms with E-state index in [0.717, 1.165) is 5.56 Å². The Bertz CT molecular complexity index is 432. The Morgan fingerprint density at radius 2 is 2.33 bits per heavy atom. The molecule has 0 bridgehead atoms. The van der Waals surface area contributed by atoms with Crippen LogP contribution >= 0.6 is 0 Å². The van der Waals surface area contributed by atoms with E-state index in [-0.39, 0.29) is 6.61 Å². The van der Waals surface area contributed by atoms with Gasteiger partial charge in [-0.3, -0.25) is 5.32 Å². The Balaban J connectivity index is 3.03. The maximum Gasteiger partial charge on any atom is 0.327 e. The largest absolute Gasteiger partial charge is 0.465 e. The number of rotatable bonds is 6. The lowest BCUT2D eigenvalue weighted by Crippen LogP contribution is -2.31. The van der Waals surface area contributed by atoms with Gasteiger partial charge in [0.15, 0.2) is 0 Å². The molecular weight excluding hydrogens is 233 g/mol. The minimum atomic E-state index is -0.803. The van der Waals surface area contributed by atoms with Crippen LogP contribution in [-0.4, -0.2) is 19.1 Å². The van der Waals surface area contributed by atoms with Crippen LogP contribution in [0.1, 0.15) is 24.1 Å². The summed E-state index contributed by atoms with van der Waals surface area (Å²) in [5, 5.41) is 2.91. The molecule has 0 saturated heterocycles. The van der Waals surface area contributed by atoms with Gasteiger partial charge < -0.3 is 4.74 Å². The van der Waals surface area contributed by atoms with Crippen molar-refractivity contribution in [2.75, 3.05) is 13.2 Å². The van der Waals surface area contributed by atoms with Gasteiger partial charge in [0, 0.05) is 12.1 Å². The fraction of sp³-hybridized carbons (Fsp3) is 0.357. The topological polar surface area (TPSA) is 38.3 Å². The molecule has 0 amide bonds. The zero-order chi connectivity index (χ0) is 13.5. The van der Waals surface area contributed by atoms with E-state index in [2.05, 4.69) is 11.9 Å². The molecular formula is C14H18FNO2. The van der Waals surface area contributed by atoms with Gasteiger partial charge in [-0.25, -0.2) is 9.18 Å². The number of nitrogens with one attached hydrogen (secondary N) is 1. The minimum Gasteiger partial charge on any atom is -0.465 e. The SMILES string of the molecule is C=CCNC(C(=O)OCC)c1cc(C)ccc1F. The first-order valence-corrected chi connectivity index (χ1v) is 5.87. The van der Waals surface area contributed by atoms with E-state index >= 15 is 0 Å². The molecule has 1 aromatic carbocycles. The number of hydrogen-bond donors (Lipinski definition) is 1. The number of ether oxygens (including phenoxy) is 1. The van der Waals surface area contributed by atoms with Gasteiger partial charge in [-0.1, -0.05) is 23.8 Å². The van der Waals surface area contributed by atoms with Crippen molar-refractivity contribution in [1.82, 2.24) is 5.32 Å². The van der Waals surface area contributed by atoms with Crippen molar-refractivity contribution in [3.63, 3.8) is 0 Å². The van der Waals surface area contributed by atoms with Gasteiger partial charge in [0.2, 0.25) is 0 Å². The minimum absolute atomic E-state index is 0.262. The zero-order valence-corrected chi connectivity index (χ0v) is 10.7. The Kier molecular flexibility index (Phi) is 5.52. The first-order valence-electron chi connectivity index (χ1n) is 5.87. The number of benzene rings is 1. The average Bonchev–Trinajstić information content (AvgIpc) is 2.34. The van der Waals surface area contributed by atoms with E-state index in [9.17, 15) is 9.18 Å². The van der Waals surface area contributed by atoms with Gasteiger partial charge in [-0.05, 0) is 19.9 Å². The van der Waals surface area contributed by atoms with Crippen LogP contribution in [0.15, 0.2) is 30.9 Å². The number of halogens is 1. The third kappa shape index (κ3) is 3.67. The summed E-state index contributed by atoms with van der Waals surface area (Å²) in [6.07, 6.45) is 1.61. The van der Waals surface area contributed by atoms with E-state index in [1.165, 1.54) is 6.07 Å². The van der Waals surface area contributed by atoms with Crippen LogP contribution < -0.4 is 5.32 Å². The number of aryl methyl sites for hydroxylation is 1. The highest BCUT2D eigenvalue weighted by Crippen LogP contribution is 2.20. The Hall–Kier alpha value is -1.68. The number of carbonyl (C=O) groups is 1. The van der Waals surface area contributed by atoms with Crippen LogP contribution in [-0.2, 0) is 9.53 Å². The third-order valence-electron chi connectivity index (χ3n) is 2.45. The molecule has 1 N–H and O–H groups in total. The second-order valence-corrected chi connectivity index (χ2v) is 3.91. The molecule has 1 rings (SSSR count). The molecule has 3 nitrogen and oxygen atoms in total. The molecule has 1 unspecified atom stereocenters. The molecule has 18 heavy (non-hydrogen) atoms. The Morgan fingerprint density at radius 3 is 2.94 bits per heavy atom. The zero-order valence-electron chi connectivity index (χ0n) is 10.7. The highest BCUT2D eigenvalue weighted by atomic mass is 19.1. The Morgan fingerprint density at radius 1 is 1.61 bits per heavy atom. The second kappa shape index (κ2) is 6.91. The van der Waals surface area contributed by atoms with Gasteiger partial charge >= 0.3 is 5.97 Å². The lowest BCUT2D eigenvalue weighted by atomic mass is 10.0. The van der Waals surface area contributed by atoms with Gasteiger partial charge in [-0.15, -0.1) is 6.58 Å². The maximum absolute atomic E-state index is 13.8. The standard InChI is InChI=1S/C14H18FNO2/c1-4-8-16-13(14(17)18-5-2)11-9-10(3)6-7-12(11)15/h4,6-7,9,13,16H,1,5,8H2,2-3H3. The summed E-state index contributed by atoms with van der Waals surface area (Å²) < 4.78 is 18.7. The van der Waals surface area contributed by atoms with Gasteiger partial charge in [0.1, 0.15) is 11.9 Å². The predicted octanol–water partition coefficient (Wildman–Crippen LogP) is 2.51. The van der Waals surface area contributed by atoms with Crippen LogP contribution in [0.4, 0.5) is 4.39 Å². The van der Waals surface area contributed by atoms with Gasteiger partial charge in [-0.2, -0.15) is 0 Å². The lowest BCUT2D eigenvalue weighted by molar-refractivity contribution is -0.145. The summed E-state index contributed by atoms with van der Waals surface area (Å²) in [5.74, 6) is -0.904. The molecule has 0 fully saturated rings. The normalized spacial score (nSPS) is 11.9. The van der Waals surface area contributed by atoms with Crippen molar-refractivity contribution in [1.29, 1.82) is 0 Å². The van der Waals surface area contributed by atoms with Gasteiger partial charge in [0.05, 0.1) is 6.61 Å². The number of carbonyl (C=O) groups excluding carboxylic acids is 1. The summed E-state index contributed by atoms with van der Waals surface area (Å²) >= 11 is 0. The molecule has 0 heterocycles. The van der Waals surface area contributed by atoms with Gasteiger partial charge in [0.25, 0.3) is 0 Å². The van der Waals surface area contributed by atoms with E-state index in [4.69, 9.17) is 4.74 Å². The third-order valence-corrected chi connectivity index (χ3v) is 2.45. The second-order valence-electron chi connectivity index (χ2n) is 3.91. The molecule has 0 aliphatic rings. The van der Waals surface area contributed by atoms with Crippen molar-refractivity contribution in [3.8, 4) is 0 Å². The highest BCUT2D eigenvalue weighted by molar-refractivity contribution is 5.77. The maximum atomic E-state index is 13.8. The molecule has 0 radical (unpaired) electrons. The molecule has 4 heteroatoms. The van der Waals surface area contributed by atoms with Crippen LogP contribution in [0.2, 0.25) is 0 Å². The van der Waals surface area contributed by atoms with Crippen LogP contribution in [0.25, 0.3) is 0 Å². The van der Waals surface area contributed by atoms with E-state index < -0.39 is 17.8 Å². The van der Waals surface area contributed by atoms with E-state index in [0.29, 0.717) is 12.1 Å². The fourth-order valence-electron chi connectivity index (χ4n) is 1.63. The van der Waals surface area contributed by atoms with E-state index in [1.807, 2.05) is 6.92 Å². The van der Waals surface area contributed by atoms with Crippen LogP contribution in [0, 0.1) is 12.7 Å². The Labute approximate surface area is 107 Å². The summed E-state index contributed by atoms with van der Waals surface area (Å²) in [7, 11) is 0. The smallest absolute Gasteiger partial charge is 0.327 e. The molecule has 0 aliphatic carbocycles. The molecule has 0 saturated carbocycles. The fourth-order valence-corrected chi connectivity index (χ4v) is 1.63. The monoisotopic (exact) mass is 251 g/mol. The first-order chi connectivity index (χ1) is 8.60. The molecule has 0 spiro atoms. The van der Waals surface area contributed by atoms with Crippen molar-refractivity contribution in [2.24, 2.45) is 0 Å². The van der Waals surface area contributed by atoms with Crippen molar-refractivity contribution in [2.45, 2.75) is 19.9 Å². The lowest BCUT2D eigenvalue weighted by Gasteiger charge is -2.17. The average molecular weight is 251 g/mol. The van der Waals surface area contributed by atoms with Crippen molar-refractivity contribution in [3.05, 3.63) is 47.8 Å². The summed E-state index contributed by atoms with van der Waals surface area (Å²) in [6, 6.07) is 3.86. The summed E-state index contributed by atoms with van der Waals surface area (Å²) in [4.78, 5) is 11.8. The molecule has 0 aliphatic heterocycles.